The Balaban J connectivity index is 1.78. The number of nitrogens with zero attached hydrogens (tertiary/aromatic N) is 2. The van der Waals surface area contributed by atoms with E-state index in [9.17, 15) is 24.6 Å². The molecule has 3 aliphatic rings. The number of carbonyl (C=O) groups excluding carboxylic acids is 3. The first-order chi connectivity index (χ1) is 14.2. The van der Waals surface area contributed by atoms with Crippen LogP contribution in [0.3, 0.4) is 0 Å². The third-order valence-electron chi connectivity index (χ3n) is 6.70. The second kappa shape index (κ2) is 7.54. The van der Waals surface area contributed by atoms with Crippen molar-refractivity contribution >= 4 is 23.2 Å². The highest BCUT2D eigenvalue weighted by atomic mass is 16.3. The lowest BCUT2D eigenvalue weighted by atomic mass is 9.83. The molecular weight excluding hydrogens is 384 g/mol. The fourth-order valence-electron chi connectivity index (χ4n) is 5.07. The van der Waals surface area contributed by atoms with E-state index in [4.69, 9.17) is 0 Å². The van der Waals surface area contributed by atoms with Gasteiger partial charge in [0.1, 0.15) is 11.3 Å². The molecule has 7 heteroatoms. The van der Waals surface area contributed by atoms with Gasteiger partial charge in [-0.15, -0.1) is 0 Å². The minimum Gasteiger partial charge on any atom is -0.511 e. The summed E-state index contributed by atoms with van der Waals surface area (Å²) in [6.45, 7) is 3.55. The Morgan fingerprint density at radius 1 is 1.13 bits per heavy atom. The minimum atomic E-state index is -1.05. The molecule has 1 aliphatic heterocycles. The van der Waals surface area contributed by atoms with Gasteiger partial charge in [-0.25, -0.2) is 0 Å². The zero-order valence-corrected chi connectivity index (χ0v) is 17.6. The summed E-state index contributed by atoms with van der Waals surface area (Å²) >= 11 is 0. The third kappa shape index (κ3) is 3.12. The fraction of sp³-hybridized carbons (Fsp3) is 0.522. The first kappa shape index (κ1) is 20.6. The number of hydrogen-bond acceptors (Lipinski definition) is 6. The number of anilines is 1. The second-order valence-electron chi connectivity index (χ2n) is 8.83. The number of benzene rings is 1. The summed E-state index contributed by atoms with van der Waals surface area (Å²) < 4.78 is 0. The number of aliphatic hydroxyl groups is 2. The predicted octanol–water partition coefficient (Wildman–Crippen LogP) is 3.10. The van der Waals surface area contributed by atoms with Crippen LogP contribution in [0.2, 0.25) is 0 Å². The van der Waals surface area contributed by atoms with Crippen LogP contribution < -0.4 is 4.90 Å². The highest BCUT2D eigenvalue weighted by Crippen LogP contribution is 2.38. The van der Waals surface area contributed by atoms with Gasteiger partial charge in [0.2, 0.25) is 6.35 Å². The predicted molar refractivity (Wildman–Crippen MR) is 111 cm³/mol. The molecule has 2 N–H and O–H groups in total. The van der Waals surface area contributed by atoms with Crippen LogP contribution in [0.5, 0.6) is 0 Å². The Kier molecular flexibility index (Phi) is 5.18. The summed E-state index contributed by atoms with van der Waals surface area (Å²) in [4.78, 5) is 42.2. The first-order valence-electron chi connectivity index (χ1n) is 10.6. The van der Waals surface area contributed by atoms with Gasteiger partial charge in [-0.3, -0.25) is 19.3 Å². The summed E-state index contributed by atoms with van der Waals surface area (Å²) in [5, 5.41) is 21.1. The molecule has 160 valence electrons. The molecule has 4 rings (SSSR count). The lowest BCUT2D eigenvalue weighted by Crippen LogP contribution is -2.57. The SMILES string of the molecule is Cc1c(C(=O)C2=C(O)CC(C)CC2=O)ccc2c1C(=O)N(C1CCCC1)C(O)N2C. The van der Waals surface area contributed by atoms with Crippen LogP contribution in [-0.4, -0.2) is 52.0 Å². The van der Waals surface area contributed by atoms with Crippen molar-refractivity contribution in [3.8, 4) is 0 Å². The van der Waals surface area contributed by atoms with Crippen molar-refractivity contribution in [2.45, 2.75) is 64.8 Å². The standard InChI is InChI=1S/C23H28N2O5/c1-12-10-17(26)20(18(27)11-12)21(28)15-8-9-16-19(13(15)2)22(29)25(23(30)24(16)3)14-6-4-5-7-14/h8-9,12,14,23,26,30H,4-7,10-11H2,1-3H3. The summed E-state index contributed by atoms with van der Waals surface area (Å²) in [7, 11) is 1.72. The molecule has 0 radical (unpaired) electrons. The van der Waals surface area contributed by atoms with Gasteiger partial charge in [-0.1, -0.05) is 19.8 Å². The Morgan fingerprint density at radius 3 is 2.43 bits per heavy atom. The van der Waals surface area contributed by atoms with E-state index < -0.39 is 12.1 Å². The van der Waals surface area contributed by atoms with Crippen molar-refractivity contribution in [2.75, 3.05) is 11.9 Å². The molecule has 2 atom stereocenters. The molecule has 2 aliphatic carbocycles. The van der Waals surface area contributed by atoms with Gasteiger partial charge in [0, 0.05) is 31.5 Å². The number of ketones is 2. The molecule has 1 heterocycles. The van der Waals surface area contributed by atoms with Crippen LogP contribution in [0.4, 0.5) is 5.69 Å². The average Bonchev–Trinajstić information content (AvgIpc) is 3.19. The average molecular weight is 412 g/mol. The van der Waals surface area contributed by atoms with E-state index in [1.807, 2.05) is 6.92 Å². The Bertz CT molecular complexity index is 961. The van der Waals surface area contributed by atoms with E-state index >= 15 is 0 Å². The van der Waals surface area contributed by atoms with Crippen molar-refractivity contribution < 1.29 is 24.6 Å². The molecule has 1 fully saturated rings. The van der Waals surface area contributed by atoms with Crippen LogP contribution in [0.1, 0.15) is 71.7 Å². The Labute approximate surface area is 176 Å². The van der Waals surface area contributed by atoms with Crippen LogP contribution in [-0.2, 0) is 4.79 Å². The van der Waals surface area contributed by atoms with Crippen molar-refractivity contribution in [1.82, 2.24) is 4.90 Å². The zero-order valence-electron chi connectivity index (χ0n) is 17.6. The molecule has 30 heavy (non-hydrogen) atoms. The van der Waals surface area contributed by atoms with Gasteiger partial charge < -0.3 is 15.1 Å². The molecule has 1 saturated carbocycles. The molecular formula is C23H28N2O5. The minimum absolute atomic E-state index is 0.00429. The van der Waals surface area contributed by atoms with E-state index in [0.717, 1.165) is 25.7 Å². The molecule has 0 bridgehead atoms. The lowest BCUT2D eigenvalue weighted by Gasteiger charge is -2.44. The quantitative estimate of drug-likeness (QED) is 0.585. The smallest absolute Gasteiger partial charge is 0.259 e. The summed E-state index contributed by atoms with van der Waals surface area (Å²) in [5.41, 5.74) is 1.47. The molecule has 0 aromatic heterocycles. The van der Waals surface area contributed by atoms with Crippen molar-refractivity contribution in [1.29, 1.82) is 0 Å². The van der Waals surface area contributed by atoms with E-state index in [1.165, 1.54) is 4.90 Å². The number of fused-ring (bicyclic) bond motifs is 1. The van der Waals surface area contributed by atoms with E-state index in [0.29, 0.717) is 23.2 Å². The lowest BCUT2D eigenvalue weighted by molar-refractivity contribution is -0.116. The topological polar surface area (TPSA) is 98.1 Å². The summed E-state index contributed by atoms with van der Waals surface area (Å²) in [6, 6.07) is 3.18. The molecule has 0 saturated heterocycles. The number of amides is 1. The molecule has 1 aromatic rings. The van der Waals surface area contributed by atoms with Gasteiger partial charge in [0.15, 0.2) is 11.6 Å². The van der Waals surface area contributed by atoms with E-state index in [-0.39, 0.29) is 47.0 Å². The van der Waals surface area contributed by atoms with Gasteiger partial charge >= 0.3 is 0 Å². The molecule has 1 amide bonds. The monoisotopic (exact) mass is 412 g/mol. The summed E-state index contributed by atoms with van der Waals surface area (Å²) in [5.74, 6) is -1.38. The summed E-state index contributed by atoms with van der Waals surface area (Å²) in [6.07, 6.45) is 3.18. The number of allylic oxidation sites excluding steroid dienone is 2. The zero-order chi connectivity index (χ0) is 21.7. The van der Waals surface area contributed by atoms with E-state index in [2.05, 4.69) is 0 Å². The number of carbonyl (C=O) groups is 3. The van der Waals surface area contributed by atoms with Gasteiger partial charge in [0.25, 0.3) is 5.91 Å². The van der Waals surface area contributed by atoms with Crippen LogP contribution in [0.25, 0.3) is 0 Å². The first-order valence-corrected chi connectivity index (χ1v) is 10.6. The van der Waals surface area contributed by atoms with Crippen LogP contribution in [0.15, 0.2) is 23.5 Å². The molecule has 1 aromatic carbocycles. The molecule has 2 unspecified atom stereocenters. The maximum atomic E-state index is 13.4. The molecule has 7 nitrogen and oxygen atoms in total. The fourth-order valence-corrected chi connectivity index (χ4v) is 5.07. The second-order valence-corrected chi connectivity index (χ2v) is 8.83. The van der Waals surface area contributed by atoms with Crippen molar-refractivity contribution in [3.05, 3.63) is 40.2 Å². The Morgan fingerprint density at radius 2 is 1.80 bits per heavy atom. The van der Waals surface area contributed by atoms with E-state index in [1.54, 1.807) is 31.0 Å². The van der Waals surface area contributed by atoms with Crippen LogP contribution in [0, 0.1) is 12.8 Å². The van der Waals surface area contributed by atoms with Crippen molar-refractivity contribution in [3.63, 3.8) is 0 Å². The van der Waals surface area contributed by atoms with Gasteiger partial charge in [-0.2, -0.15) is 0 Å². The number of rotatable bonds is 3. The Hall–Kier alpha value is -2.67. The highest BCUT2D eigenvalue weighted by Gasteiger charge is 2.41. The van der Waals surface area contributed by atoms with Crippen LogP contribution >= 0.6 is 0 Å². The maximum Gasteiger partial charge on any atom is 0.259 e. The van der Waals surface area contributed by atoms with Gasteiger partial charge in [0.05, 0.1) is 11.3 Å². The maximum absolute atomic E-state index is 13.4. The molecule has 0 spiro atoms. The number of Topliss-reactive ketones (excluding diaryl/α,β-unsaturated/α-hetero) is 2. The van der Waals surface area contributed by atoms with Gasteiger partial charge in [-0.05, 0) is 43.4 Å². The highest BCUT2D eigenvalue weighted by molar-refractivity contribution is 6.28. The number of aliphatic hydroxyl groups excluding tert-OH is 2. The normalized spacial score (nSPS) is 25.2. The number of hydrogen-bond donors (Lipinski definition) is 2. The van der Waals surface area contributed by atoms with Crippen molar-refractivity contribution in [2.24, 2.45) is 5.92 Å². The largest absolute Gasteiger partial charge is 0.511 e. The third-order valence-corrected chi connectivity index (χ3v) is 6.70.